The van der Waals surface area contributed by atoms with Gasteiger partial charge in [-0.25, -0.2) is 0 Å². The molecule has 2 unspecified atom stereocenters. The minimum atomic E-state index is -0.602. The van der Waals surface area contributed by atoms with E-state index in [0.29, 0.717) is 17.3 Å². The number of aryl methyl sites for hydroxylation is 1. The first-order chi connectivity index (χ1) is 9.69. The summed E-state index contributed by atoms with van der Waals surface area (Å²) in [6, 6.07) is 5.33. The highest BCUT2D eigenvalue weighted by Crippen LogP contribution is 2.22. The Labute approximate surface area is 132 Å². The number of rotatable bonds is 6. The van der Waals surface area contributed by atoms with Crippen molar-refractivity contribution in [2.45, 2.75) is 46.3 Å². The zero-order valence-corrected chi connectivity index (χ0v) is 14.1. The number of nitrogens with two attached hydrogens (primary N) is 1. The summed E-state index contributed by atoms with van der Waals surface area (Å²) in [5.41, 5.74) is 6.25. The summed E-state index contributed by atoms with van der Waals surface area (Å²) in [4.78, 5) is 12.3. The molecule has 0 aromatic heterocycles. The second-order valence-electron chi connectivity index (χ2n) is 5.94. The van der Waals surface area contributed by atoms with Gasteiger partial charge in [-0.3, -0.25) is 4.79 Å². The van der Waals surface area contributed by atoms with Crippen molar-refractivity contribution in [3.63, 3.8) is 0 Å². The first-order valence-corrected chi connectivity index (χ1v) is 7.52. The predicted molar refractivity (Wildman–Crippen MR) is 86.7 cm³/mol. The van der Waals surface area contributed by atoms with Gasteiger partial charge in [0.05, 0.1) is 5.54 Å². The van der Waals surface area contributed by atoms with Crippen LogP contribution in [0.1, 0.15) is 33.3 Å². The van der Waals surface area contributed by atoms with Crippen LogP contribution in [0, 0.1) is 12.8 Å². The summed E-state index contributed by atoms with van der Waals surface area (Å²) in [5, 5.41) is 3.65. The van der Waals surface area contributed by atoms with Gasteiger partial charge in [0.1, 0.15) is 5.75 Å². The minimum Gasteiger partial charge on any atom is -0.481 e. The molecule has 1 rings (SSSR count). The van der Waals surface area contributed by atoms with E-state index in [-0.39, 0.29) is 11.8 Å². The number of nitrogens with one attached hydrogen (secondary N) is 1. The third-order valence-electron chi connectivity index (χ3n) is 3.92. The van der Waals surface area contributed by atoms with Crippen LogP contribution in [0.5, 0.6) is 5.75 Å². The van der Waals surface area contributed by atoms with Crippen molar-refractivity contribution in [2.75, 3.05) is 6.54 Å². The Morgan fingerprint density at radius 3 is 2.52 bits per heavy atom. The molecule has 118 valence electrons. The van der Waals surface area contributed by atoms with Gasteiger partial charge in [0, 0.05) is 11.6 Å². The van der Waals surface area contributed by atoms with E-state index in [1.54, 1.807) is 19.1 Å². The highest BCUT2D eigenvalue weighted by Gasteiger charge is 2.30. The summed E-state index contributed by atoms with van der Waals surface area (Å²) in [6.07, 6.45) is -0.602. The third-order valence-corrected chi connectivity index (χ3v) is 4.34. The maximum absolute atomic E-state index is 12.3. The SMILES string of the molecule is Cc1cc(OC(C)C(=O)NC(C)(CN)C(C)C)ccc1Cl. The highest BCUT2D eigenvalue weighted by atomic mass is 35.5. The Bertz CT molecular complexity index is 505. The average Bonchev–Trinajstić information content (AvgIpc) is 2.42. The number of carbonyl (C=O) groups is 1. The Morgan fingerprint density at radius 2 is 2.05 bits per heavy atom. The Balaban J connectivity index is 2.72. The molecule has 0 saturated heterocycles. The topological polar surface area (TPSA) is 64.3 Å². The third kappa shape index (κ3) is 4.61. The summed E-state index contributed by atoms with van der Waals surface area (Å²) >= 11 is 5.97. The Kier molecular flexibility index (Phi) is 6.05. The van der Waals surface area contributed by atoms with Crippen LogP contribution in [0.4, 0.5) is 0 Å². The largest absolute Gasteiger partial charge is 0.481 e. The molecule has 21 heavy (non-hydrogen) atoms. The van der Waals surface area contributed by atoms with Crippen LogP contribution in [0.2, 0.25) is 5.02 Å². The van der Waals surface area contributed by atoms with Gasteiger partial charge in [-0.2, -0.15) is 0 Å². The predicted octanol–water partition coefficient (Wildman–Crippen LogP) is 2.91. The first kappa shape index (κ1) is 17.8. The molecule has 1 aromatic rings. The lowest BCUT2D eigenvalue weighted by Gasteiger charge is -2.34. The molecule has 0 heterocycles. The zero-order valence-electron chi connectivity index (χ0n) is 13.4. The molecule has 0 aliphatic carbocycles. The van der Waals surface area contributed by atoms with Crippen LogP contribution in [0.15, 0.2) is 18.2 Å². The lowest BCUT2D eigenvalue weighted by Crippen LogP contribution is -2.57. The molecule has 2 atom stereocenters. The smallest absolute Gasteiger partial charge is 0.261 e. The fourth-order valence-electron chi connectivity index (χ4n) is 1.76. The molecule has 0 radical (unpaired) electrons. The monoisotopic (exact) mass is 312 g/mol. The number of benzene rings is 1. The van der Waals surface area contributed by atoms with E-state index in [2.05, 4.69) is 5.32 Å². The molecule has 0 aliphatic rings. The lowest BCUT2D eigenvalue weighted by molar-refractivity contribution is -0.129. The first-order valence-electron chi connectivity index (χ1n) is 7.14. The molecule has 0 bridgehead atoms. The van der Waals surface area contributed by atoms with Crippen molar-refractivity contribution in [1.29, 1.82) is 0 Å². The average molecular weight is 313 g/mol. The van der Waals surface area contributed by atoms with Crippen LogP contribution >= 0.6 is 11.6 Å². The lowest BCUT2D eigenvalue weighted by atomic mass is 9.88. The number of ether oxygens (including phenoxy) is 1. The maximum atomic E-state index is 12.3. The van der Waals surface area contributed by atoms with Gasteiger partial charge in [0.15, 0.2) is 6.10 Å². The van der Waals surface area contributed by atoms with Crippen LogP contribution in [0.25, 0.3) is 0 Å². The van der Waals surface area contributed by atoms with Gasteiger partial charge in [-0.05, 0) is 50.5 Å². The van der Waals surface area contributed by atoms with Crippen molar-refractivity contribution in [3.05, 3.63) is 28.8 Å². The second kappa shape index (κ2) is 7.14. The van der Waals surface area contributed by atoms with Crippen molar-refractivity contribution in [3.8, 4) is 5.75 Å². The molecule has 4 nitrogen and oxygen atoms in total. The van der Waals surface area contributed by atoms with Crippen molar-refractivity contribution < 1.29 is 9.53 Å². The molecular formula is C16H25ClN2O2. The highest BCUT2D eigenvalue weighted by molar-refractivity contribution is 6.31. The molecule has 3 N–H and O–H groups in total. The van der Waals surface area contributed by atoms with Crippen molar-refractivity contribution in [1.82, 2.24) is 5.32 Å². The van der Waals surface area contributed by atoms with Gasteiger partial charge in [-0.15, -0.1) is 0 Å². The molecular weight excluding hydrogens is 288 g/mol. The summed E-state index contributed by atoms with van der Waals surface area (Å²) < 4.78 is 5.67. The van der Waals surface area contributed by atoms with Gasteiger partial charge >= 0.3 is 0 Å². The summed E-state index contributed by atoms with van der Waals surface area (Å²) in [5.74, 6) is 0.680. The van der Waals surface area contributed by atoms with Gasteiger partial charge < -0.3 is 15.8 Å². The van der Waals surface area contributed by atoms with E-state index in [0.717, 1.165) is 5.56 Å². The van der Waals surface area contributed by atoms with Crippen LogP contribution in [-0.2, 0) is 4.79 Å². The van der Waals surface area contributed by atoms with Crippen LogP contribution in [-0.4, -0.2) is 24.1 Å². The molecule has 1 aromatic carbocycles. The van der Waals surface area contributed by atoms with E-state index >= 15 is 0 Å². The molecule has 0 fully saturated rings. The molecule has 1 amide bonds. The van der Waals surface area contributed by atoms with E-state index in [4.69, 9.17) is 22.1 Å². The molecule has 0 spiro atoms. The zero-order chi connectivity index (χ0) is 16.2. The number of halogens is 1. The number of hydrogen-bond acceptors (Lipinski definition) is 3. The quantitative estimate of drug-likeness (QED) is 0.849. The van der Waals surface area contributed by atoms with Gasteiger partial charge in [0.2, 0.25) is 0 Å². The Morgan fingerprint density at radius 1 is 1.43 bits per heavy atom. The fraction of sp³-hybridized carbons (Fsp3) is 0.562. The van der Waals surface area contributed by atoms with E-state index in [1.807, 2.05) is 33.8 Å². The normalized spacial score (nSPS) is 15.4. The molecule has 0 saturated carbocycles. The van der Waals surface area contributed by atoms with E-state index in [9.17, 15) is 4.79 Å². The van der Waals surface area contributed by atoms with Gasteiger partial charge in [0.25, 0.3) is 5.91 Å². The van der Waals surface area contributed by atoms with Crippen molar-refractivity contribution >= 4 is 17.5 Å². The second-order valence-corrected chi connectivity index (χ2v) is 6.34. The number of carbonyl (C=O) groups excluding carboxylic acids is 1. The number of amides is 1. The fourth-order valence-corrected chi connectivity index (χ4v) is 1.88. The van der Waals surface area contributed by atoms with E-state index in [1.165, 1.54) is 0 Å². The molecule has 0 aliphatic heterocycles. The van der Waals surface area contributed by atoms with Gasteiger partial charge in [-0.1, -0.05) is 25.4 Å². The van der Waals surface area contributed by atoms with E-state index < -0.39 is 11.6 Å². The summed E-state index contributed by atoms with van der Waals surface area (Å²) in [6.45, 7) is 9.99. The minimum absolute atomic E-state index is 0.177. The Hall–Kier alpha value is -1.26. The number of hydrogen-bond donors (Lipinski definition) is 2. The van der Waals surface area contributed by atoms with Crippen molar-refractivity contribution in [2.24, 2.45) is 11.7 Å². The maximum Gasteiger partial charge on any atom is 0.261 e. The van der Waals surface area contributed by atoms with Crippen LogP contribution in [0.3, 0.4) is 0 Å². The summed E-state index contributed by atoms with van der Waals surface area (Å²) in [7, 11) is 0. The standard InChI is InChI=1S/C16H25ClN2O2/c1-10(2)16(5,9-18)19-15(20)12(4)21-13-6-7-14(17)11(3)8-13/h6-8,10,12H,9,18H2,1-5H3,(H,19,20). The van der Waals surface area contributed by atoms with Crippen LogP contribution < -0.4 is 15.8 Å². The molecule has 5 heteroatoms.